The van der Waals surface area contributed by atoms with Crippen molar-refractivity contribution in [1.82, 2.24) is 0 Å². The van der Waals surface area contributed by atoms with Crippen molar-refractivity contribution in [2.75, 3.05) is 0 Å². The molecule has 0 radical (unpaired) electrons. The zero-order chi connectivity index (χ0) is 31.1. The van der Waals surface area contributed by atoms with Crippen LogP contribution in [-0.4, -0.2) is 45.4 Å². The van der Waals surface area contributed by atoms with Crippen molar-refractivity contribution < 1.29 is 34.4 Å². The van der Waals surface area contributed by atoms with Crippen molar-refractivity contribution in [3.05, 3.63) is 11.6 Å². The van der Waals surface area contributed by atoms with Crippen LogP contribution in [0.4, 0.5) is 0 Å². The minimum Gasteiger partial charge on any atom is -0.481 e. The number of rotatable bonds is 6. The molecule has 5 rings (SSSR count). The Balaban J connectivity index is 1.49. The number of aliphatic hydroxyl groups excluding tert-OH is 1. The summed E-state index contributed by atoms with van der Waals surface area (Å²) >= 11 is 0. The minimum atomic E-state index is -0.934. The molecule has 0 amide bonds. The summed E-state index contributed by atoms with van der Waals surface area (Å²) in [6.07, 6.45) is 8.90. The van der Waals surface area contributed by atoms with Gasteiger partial charge in [0, 0.05) is 12.8 Å². The maximum atomic E-state index is 12.9. The third-order valence-electron chi connectivity index (χ3n) is 14.0. The van der Waals surface area contributed by atoms with E-state index < -0.39 is 40.9 Å². The van der Waals surface area contributed by atoms with Crippen molar-refractivity contribution in [3.63, 3.8) is 0 Å². The highest BCUT2D eigenvalue weighted by Crippen LogP contribution is 2.75. The third kappa shape index (κ3) is 4.49. The molecular weight excluding hydrogens is 532 g/mol. The van der Waals surface area contributed by atoms with Gasteiger partial charge < -0.3 is 20.1 Å². The molecule has 0 saturated heterocycles. The lowest BCUT2D eigenvalue weighted by Crippen LogP contribution is -2.67. The summed E-state index contributed by atoms with van der Waals surface area (Å²) in [7, 11) is 0. The lowest BCUT2D eigenvalue weighted by molar-refractivity contribution is -0.238. The van der Waals surface area contributed by atoms with E-state index in [1.165, 1.54) is 5.57 Å². The van der Waals surface area contributed by atoms with E-state index in [9.17, 15) is 24.6 Å². The zero-order valence-electron chi connectivity index (χ0n) is 26.9. The third-order valence-corrected chi connectivity index (χ3v) is 14.0. The summed E-state index contributed by atoms with van der Waals surface area (Å²) in [5.74, 6) is -1.36. The SMILES string of the molecule is CC1(C)CC[C@]2(C(=O)O)CC[C@]3(C)C(=CC[C@@H]4[C@@]5(C)C[C@@H](OC(=O)CCCC(=O)O)[C@H](O)C(C)(C)[C@@H]5CC[C@]43C)[C@@H]2C1. The van der Waals surface area contributed by atoms with Gasteiger partial charge in [-0.2, -0.15) is 0 Å². The Kier molecular flexibility index (Phi) is 7.56. The molecule has 7 nitrogen and oxygen atoms in total. The predicted octanol–water partition coefficient (Wildman–Crippen LogP) is 7.01. The zero-order valence-corrected chi connectivity index (χ0v) is 26.9. The molecule has 5 aliphatic rings. The van der Waals surface area contributed by atoms with Gasteiger partial charge in [0.25, 0.3) is 0 Å². The van der Waals surface area contributed by atoms with E-state index in [1.54, 1.807) is 0 Å². The van der Waals surface area contributed by atoms with Crippen LogP contribution in [0.5, 0.6) is 0 Å². The van der Waals surface area contributed by atoms with Crippen LogP contribution in [0.1, 0.15) is 126 Å². The van der Waals surface area contributed by atoms with Crippen LogP contribution in [0.3, 0.4) is 0 Å². The number of ether oxygens (including phenoxy) is 1. The number of allylic oxidation sites excluding steroid dienone is 2. The van der Waals surface area contributed by atoms with Crippen molar-refractivity contribution >= 4 is 17.9 Å². The summed E-state index contributed by atoms with van der Waals surface area (Å²) in [6, 6.07) is 0. The number of hydrogen-bond acceptors (Lipinski definition) is 5. The Labute approximate surface area is 251 Å². The lowest BCUT2D eigenvalue weighted by atomic mass is 9.33. The fourth-order valence-electron chi connectivity index (χ4n) is 11.4. The summed E-state index contributed by atoms with van der Waals surface area (Å²) in [4.78, 5) is 36.6. The quantitative estimate of drug-likeness (QED) is 0.226. The highest BCUT2D eigenvalue weighted by Gasteiger charge is 2.70. The van der Waals surface area contributed by atoms with Crippen molar-refractivity contribution in [3.8, 4) is 0 Å². The molecule has 0 spiro atoms. The Morgan fingerprint density at radius 3 is 2.19 bits per heavy atom. The average molecular weight is 587 g/mol. The topological polar surface area (TPSA) is 121 Å². The Morgan fingerprint density at radius 2 is 1.55 bits per heavy atom. The van der Waals surface area contributed by atoms with Gasteiger partial charge in [-0.15, -0.1) is 0 Å². The van der Waals surface area contributed by atoms with Crippen LogP contribution in [0.2, 0.25) is 0 Å². The molecule has 7 heteroatoms. The number of esters is 1. The number of hydrogen-bond donors (Lipinski definition) is 3. The van der Waals surface area contributed by atoms with Gasteiger partial charge >= 0.3 is 17.9 Å². The standard InChI is InChI=1S/C35H54O7/c1-30(2)15-17-35(29(40)41)18-16-33(6)21(22(35)19-30)11-12-25-32(5)20-23(42-27(38)10-8-9-26(36)37)28(39)31(3,4)24(32)13-14-34(25,33)7/h11,22-25,28,39H,8-10,12-20H2,1-7H3,(H,36,37)(H,40,41)/t22-,23+,24-,25+,28-,32-,33+,34+,35-/m0/s1. The fourth-order valence-corrected chi connectivity index (χ4v) is 11.4. The van der Waals surface area contributed by atoms with Crippen LogP contribution >= 0.6 is 0 Å². The summed E-state index contributed by atoms with van der Waals surface area (Å²) in [6.45, 7) is 16.1. The van der Waals surface area contributed by atoms with Gasteiger partial charge in [-0.05, 0) is 109 Å². The molecule has 3 N–H and O–H groups in total. The summed E-state index contributed by atoms with van der Waals surface area (Å²) in [5, 5.41) is 31.1. The number of carboxylic acid groups (broad SMARTS) is 2. The fraction of sp³-hybridized carbons (Fsp3) is 0.857. The monoisotopic (exact) mass is 586 g/mol. The summed E-state index contributed by atoms with van der Waals surface area (Å²) < 4.78 is 5.95. The van der Waals surface area contributed by atoms with E-state index in [4.69, 9.17) is 9.84 Å². The molecule has 0 aromatic heterocycles. The maximum absolute atomic E-state index is 12.9. The first-order valence-electron chi connectivity index (χ1n) is 16.4. The number of fused-ring (bicyclic) bond motifs is 7. The van der Waals surface area contributed by atoms with Crippen LogP contribution in [0.25, 0.3) is 0 Å². The van der Waals surface area contributed by atoms with E-state index in [0.29, 0.717) is 12.3 Å². The van der Waals surface area contributed by atoms with Crippen molar-refractivity contribution in [1.29, 1.82) is 0 Å². The van der Waals surface area contributed by atoms with Crippen LogP contribution in [0, 0.1) is 50.2 Å². The molecule has 0 heterocycles. The lowest BCUT2D eigenvalue weighted by Gasteiger charge is -2.71. The Hall–Kier alpha value is -1.89. The molecule has 0 aliphatic heterocycles. The predicted molar refractivity (Wildman–Crippen MR) is 159 cm³/mol. The first kappa shape index (κ1) is 31.5. The molecule has 4 fully saturated rings. The molecule has 4 saturated carbocycles. The van der Waals surface area contributed by atoms with E-state index in [1.807, 2.05) is 0 Å². The van der Waals surface area contributed by atoms with Gasteiger partial charge in [0.2, 0.25) is 0 Å². The molecule has 236 valence electrons. The first-order chi connectivity index (χ1) is 19.3. The number of aliphatic carboxylic acids is 2. The van der Waals surface area contributed by atoms with Gasteiger partial charge in [-0.25, -0.2) is 0 Å². The number of carbonyl (C=O) groups is 3. The van der Waals surface area contributed by atoms with Crippen LogP contribution < -0.4 is 0 Å². The van der Waals surface area contributed by atoms with Crippen LogP contribution in [-0.2, 0) is 19.1 Å². The molecule has 0 aromatic rings. The highest BCUT2D eigenvalue weighted by atomic mass is 16.6. The molecule has 9 atom stereocenters. The molecule has 42 heavy (non-hydrogen) atoms. The minimum absolute atomic E-state index is 0.0322. The van der Waals surface area contributed by atoms with E-state index in [-0.39, 0.29) is 52.8 Å². The molecule has 0 unspecified atom stereocenters. The second-order valence-electron chi connectivity index (χ2n) is 16.9. The maximum Gasteiger partial charge on any atom is 0.310 e. The van der Waals surface area contributed by atoms with Gasteiger partial charge in [0.15, 0.2) is 0 Å². The first-order valence-corrected chi connectivity index (χ1v) is 16.4. The Morgan fingerprint density at radius 1 is 0.881 bits per heavy atom. The second-order valence-corrected chi connectivity index (χ2v) is 16.9. The number of carboxylic acids is 2. The number of carbonyl (C=O) groups excluding carboxylic acids is 1. The normalized spacial score (nSPS) is 45.2. The molecular formula is C35H54O7. The van der Waals surface area contributed by atoms with Gasteiger partial charge in [0.05, 0.1) is 11.5 Å². The van der Waals surface area contributed by atoms with Gasteiger partial charge in [-0.1, -0.05) is 60.1 Å². The largest absolute Gasteiger partial charge is 0.481 e. The van der Waals surface area contributed by atoms with E-state index in [2.05, 4.69) is 54.5 Å². The molecule has 0 bridgehead atoms. The Bertz CT molecular complexity index is 1170. The highest BCUT2D eigenvalue weighted by molar-refractivity contribution is 5.76. The van der Waals surface area contributed by atoms with Gasteiger partial charge in [0.1, 0.15) is 6.10 Å². The average Bonchev–Trinajstić information content (AvgIpc) is 2.87. The van der Waals surface area contributed by atoms with Crippen molar-refractivity contribution in [2.45, 2.75) is 138 Å². The van der Waals surface area contributed by atoms with Crippen LogP contribution in [0.15, 0.2) is 11.6 Å². The second kappa shape index (κ2) is 10.1. The van der Waals surface area contributed by atoms with Crippen molar-refractivity contribution in [2.24, 2.45) is 50.2 Å². The number of aliphatic hydroxyl groups is 1. The van der Waals surface area contributed by atoms with E-state index in [0.717, 1.165) is 51.4 Å². The van der Waals surface area contributed by atoms with E-state index >= 15 is 0 Å². The van der Waals surface area contributed by atoms with Gasteiger partial charge in [-0.3, -0.25) is 14.4 Å². The molecule has 5 aliphatic carbocycles. The summed E-state index contributed by atoms with van der Waals surface area (Å²) in [5.41, 5.74) is 0.0646. The molecule has 0 aromatic carbocycles. The smallest absolute Gasteiger partial charge is 0.310 e.